The predicted octanol–water partition coefficient (Wildman–Crippen LogP) is 6.38. The first-order chi connectivity index (χ1) is 14.9. The first-order valence-electron chi connectivity index (χ1n) is 11.4. The van der Waals surface area contributed by atoms with Crippen LogP contribution in [-0.2, 0) is 5.41 Å². The minimum atomic E-state index is -0.180. The predicted molar refractivity (Wildman–Crippen MR) is 123 cm³/mol. The maximum atomic E-state index is 11.0. The molecule has 0 aliphatic heterocycles. The maximum Gasteiger partial charge on any atom is 0.123 e. The van der Waals surface area contributed by atoms with Crippen LogP contribution in [0, 0.1) is 5.92 Å². The van der Waals surface area contributed by atoms with E-state index >= 15 is 0 Å². The van der Waals surface area contributed by atoms with Gasteiger partial charge in [0.15, 0.2) is 0 Å². The largest absolute Gasteiger partial charge is 0.507 e. The number of allylic oxidation sites excluding steroid dienone is 2. The molecule has 0 heterocycles. The molecule has 1 aromatic carbocycles. The molecule has 0 saturated heterocycles. The van der Waals surface area contributed by atoms with Crippen LogP contribution in [-0.4, -0.2) is 28.5 Å². The van der Waals surface area contributed by atoms with Crippen LogP contribution < -0.4 is 0 Å². The zero-order valence-electron chi connectivity index (χ0n) is 18.6. The molecule has 0 unspecified atom stereocenters. The van der Waals surface area contributed by atoms with Crippen LogP contribution >= 0.6 is 0 Å². The summed E-state index contributed by atoms with van der Waals surface area (Å²) < 4.78 is 0. The lowest BCUT2D eigenvalue weighted by Gasteiger charge is -2.43. The molecular weight excluding hydrogens is 390 g/mol. The SMILES string of the molecule is C=C(C)[C@H]1CCC(CO)=C[C@@H]1c1c(O)cc(C2(CCCCCN=[N+]=[N-])CCC2)cc1O. The van der Waals surface area contributed by atoms with Gasteiger partial charge in [0.05, 0.1) is 6.61 Å². The molecule has 1 saturated carbocycles. The first-order valence-corrected chi connectivity index (χ1v) is 11.4. The van der Waals surface area contributed by atoms with Gasteiger partial charge in [-0.1, -0.05) is 42.6 Å². The Kier molecular flexibility index (Phi) is 7.69. The number of hydrogen-bond donors (Lipinski definition) is 3. The van der Waals surface area contributed by atoms with Crippen molar-refractivity contribution in [3.63, 3.8) is 0 Å². The quantitative estimate of drug-likeness (QED) is 0.133. The van der Waals surface area contributed by atoms with E-state index in [1.54, 1.807) is 0 Å². The van der Waals surface area contributed by atoms with Gasteiger partial charge < -0.3 is 15.3 Å². The number of hydrogen-bond acceptors (Lipinski definition) is 4. The van der Waals surface area contributed by atoms with Crippen molar-refractivity contribution in [1.82, 2.24) is 0 Å². The van der Waals surface area contributed by atoms with Crippen molar-refractivity contribution in [3.05, 3.63) is 57.5 Å². The fourth-order valence-corrected chi connectivity index (χ4v) is 5.37. The van der Waals surface area contributed by atoms with Gasteiger partial charge in [0, 0.05) is 22.9 Å². The van der Waals surface area contributed by atoms with E-state index in [0.717, 1.165) is 74.5 Å². The van der Waals surface area contributed by atoms with E-state index in [0.29, 0.717) is 12.1 Å². The second kappa shape index (κ2) is 10.3. The van der Waals surface area contributed by atoms with E-state index in [4.69, 9.17) is 5.53 Å². The molecule has 2 aliphatic rings. The van der Waals surface area contributed by atoms with Gasteiger partial charge in [-0.2, -0.15) is 0 Å². The monoisotopic (exact) mass is 425 g/mol. The first kappa shape index (κ1) is 23.2. The second-order valence-corrected chi connectivity index (χ2v) is 9.33. The number of aromatic hydroxyl groups is 2. The Balaban J connectivity index is 1.83. The third-order valence-corrected chi connectivity index (χ3v) is 7.33. The molecule has 2 aliphatic carbocycles. The van der Waals surface area contributed by atoms with Gasteiger partial charge in [-0.25, -0.2) is 0 Å². The number of aliphatic hydroxyl groups is 1. The van der Waals surface area contributed by atoms with Crippen LogP contribution in [0.15, 0.2) is 41.0 Å². The summed E-state index contributed by atoms with van der Waals surface area (Å²) >= 11 is 0. The Hall–Kier alpha value is -2.43. The molecule has 6 nitrogen and oxygen atoms in total. The Labute approximate surface area is 184 Å². The van der Waals surface area contributed by atoms with Crippen molar-refractivity contribution >= 4 is 0 Å². The van der Waals surface area contributed by atoms with Gasteiger partial charge in [-0.15, -0.1) is 0 Å². The number of nitrogens with zero attached hydrogens (tertiary/aromatic N) is 3. The van der Waals surface area contributed by atoms with Crippen molar-refractivity contribution < 1.29 is 15.3 Å². The van der Waals surface area contributed by atoms with Crippen molar-refractivity contribution in [3.8, 4) is 11.5 Å². The third kappa shape index (κ3) is 5.08. The summed E-state index contributed by atoms with van der Waals surface area (Å²) in [4.78, 5) is 2.80. The number of rotatable bonds is 10. The van der Waals surface area contributed by atoms with Crippen LogP contribution in [0.3, 0.4) is 0 Å². The Morgan fingerprint density at radius 3 is 2.48 bits per heavy atom. The van der Waals surface area contributed by atoms with Crippen molar-refractivity contribution in [1.29, 1.82) is 0 Å². The summed E-state index contributed by atoms with van der Waals surface area (Å²) in [5, 5.41) is 35.2. The molecule has 168 valence electrons. The highest BCUT2D eigenvalue weighted by Crippen LogP contribution is 2.52. The molecule has 3 N–H and O–H groups in total. The Morgan fingerprint density at radius 1 is 1.23 bits per heavy atom. The lowest BCUT2D eigenvalue weighted by atomic mass is 9.61. The minimum Gasteiger partial charge on any atom is -0.507 e. The number of unbranched alkanes of at least 4 members (excludes halogenated alkanes) is 2. The van der Waals surface area contributed by atoms with E-state index in [-0.39, 0.29) is 35.4 Å². The second-order valence-electron chi connectivity index (χ2n) is 9.33. The summed E-state index contributed by atoms with van der Waals surface area (Å²) in [5.41, 5.74) is 11.9. The summed E-state index contributed by atoms with van der Waals surface area (Å²) in [6, 6.07) is 3.70. The summed E-state index contributed by atoms with van der Waals surface area (Å²) in [6.07, 6.45) is 10.9. The van der Waals surface area contributed by atoms with E-state index in [1.165, 1.54) is 0 Å². The average Bonchev–Trinajstić information content (AvgIpc) is 2.71. The van der Waals surface area contributed by atoms with Crippen LogP contribution in [0.1, 0.15) is 81.8 Å². The molecule has 0 radical (unpaired) electrons. The molecule has 0 aromatic heterocycles. The van der Waals surface area contributed by atoms with Gasteiger partial charge in [-0.05, 0) is 85.6 Å². The topological polar surface area (TPSA) is 109 Å². The fraction of sp³-hybridized carbons (Fsp3) is 0.600. The summed E-state index contributed by atoms with van der Waals surface area (Å²) in [6.45, 7) is 6.65. The van der Waals surface area contributed by atoms with E-state index in [1.807, 2.05) is 25.1 Å². The van der Waals surface area contributed by atoms with Crippen LogP contribution in [0.25, 0.3) is 10.4 Å². The molecule has 6 heteroatoms. The third-order valence-electron chi connectivity index (χ3n) is 7.33. The molecule has 0 amide bonds. The van der Waals surface area contributed by atoms with E-state index in [9.17, 15) is 15.3 Å². The van der Waals surface area contributed by atoms with Crippen LogP contribution in [0.5, 0.6) is 11.5 Å². The Bertz CT molecular complexity index is 859. The highest BCUT2D eigenvalue weighted by molar-refractivity contribution is 5.53. The molecule has 1 aromatic rings. The molecule has 1 fully saturated rings. The highest BCUT2D eigenvalue weighted by atomic mass is 16.3. The van der Waals surface area contributed by atoms with E-state index in [2.05, 4.69) is 16.6 Å². The molecule has 3 rings (SSSR count). The van der Waals surface area contributed by atoms with Crippen molar-refractivity contribution in [2.24, 2.45) is 11.0 Å². The van der Waals surface area contributed by atoms with Crippen molar-refractivity contribution in [2.45, 2.75) is 76.0 Å². The van der Waals surface area contributed by atoms with Gasteiger partial charge in [0.2, 0.25) is 0 Å². The lowest BCUT2D eigenvalue weighted by Crippen LogP contribution is -2.34. The minimum absolute atomic E-state index is 0.00179. The van der Waals surface area contributed by atoms with Crippen LogP contribution in [0.2, 0.25) is 0 Å². The normalized spacial score (nSPS) is 22.2. The van der Waals surface area contributed by atoms with Crippen molar-refractivity contribution in [2.75, 3.05) is 13.2 Å². The maximum absolute atomic E-state index is 11.0. The smallest absolute Gasteiger partial charge is 0.123 e. The number of azide groups is 1. The molecular formula is C25H35N3O3. The summed E-state index contributed by atoms with van der Waals surface area (Å²) in [7, 11) is 0. The number of benzene rings is 1. The lowest BCUT2D eigenvalue weighted by molar-refractivity contribution is 0.217. The highest BCUT2D eigenvalue weighted by Gasteiger charge is 2.39. The average molecular weight is 426 g/mol. The number of phenols is 2. The molecule has 0 bridgehead atoms. The van der Waals surface area contributed by atoms with Crippen LogP contribution in [0.4, 0.5) is 0 Å². The van der Waals surface area contributed by atoms with Gasteiger partial charge in [0.1, 0.15) is 11.5 Å². The zero-order chi connectivity index (χ0) is 22.4. The number of aliphatic hydroxyl groups excluding tert-OH is 1. The van der Waals surface area contributed by atoms with Gasteiger partial charge in [0.25, 0.3) is 0 Å². The Morgan fingerprint density at radius 2 is 1.94 bits per heavy atom. The molecule has 0 spiro atoms. The number of phenolic OH excluding ortho intramolecular Hbond substituents is 2. The molecule has 31 heavy (non-hydrogen) atoms. The van der Waals surface area contributed by atoms with Gasteiger partial charge >= 0.3 is 0 Å². The molecule has 2 atom stereocenters. The van der Waals surface area contributed by atoms with Gasteiger partial charge in [-0.3, -0.25) is 0 Å². The van der Waals surface area contributed by atoms with E-state index < -0.39 is 0 Å². The fourth-order valence-electron chi connectivity index (χ4n) is 5.37. The standard InChI is InChI=1S/C25H35N3O3/c1-17(2)20-8-7-18(16-29)13-21(20)24-22(30)14-19(15-23(24)31)25(10-6-11-25)9-4-3-5-12-27-28-26/h13-15,20-21,29-31H,1,3-12,16H2,2H3/t20-,21+/m1/s1. The zero-order valence-corrected chi connectivity index (χ0v) is 18.6. The summed E-state index contributed by atoms with van der Waals surface area (Å²) in [5.74, 6) is 0.222.